The molecule has 22 heavy (non-hydrogen) atoms. The summed E-state index contributed by atoms with van der Waals surface area (Å²) in [6, 6.07) is 3.83. The Labute approximate surface area is 128 Å². The number of carbonyl (C=O) groups is 1. The molecule has 0 aliphatic rings. The van der Waals surface area contributed by atoms with Gasteiger partial charge in [-0.1, -0.05) is 6.92 Å². The second-order valence-electron chi connectivity index (χ2n) is 4.72. The van der Waals surface area contributed by atoms with E-state index < -0.39 is 5.82 Å². The van der Waals surface area contributed by atoms with E-state index in [0.29, 0.717) is 18.8 Å². The maximum atomic E-state index is 13.7. The molecule has 0 bridgehead atoms. The summed E-state index contributed by atoms with van der Waals surface area (Å²) in [5, 5.41) is 6.95. The number of hydrogen-bond acceptors (Lipinski definition) is 4. The molecule has 2 rings (SSSR count). The van der Waals surface area contributed by atoms with Gasteiger partial charge in [0.2, 0.25) is 0 Å². The smallest absolute Gasteiger partial charge is 0.251 e. The molecular formula is C15H19FN4O2. The number of hydrogen-bond donors (Lipinski definition) is 1. The van der Waals surface area contributed by atoms with Crippen LogP contribution in [0.5, 0.6) is 5.75 Å². The molecule has 0 unspecified atom stereocenters. The van der Waals surface area contributed by atoms with Crippen molar-refractivity contribution in [2.45, 2.75) is 32.9 Å². The summed E-state index contributed by atoms with van der Waals surface area (Å²) in [5.74, 6) is -0.138. The molecule has 6 nitrogen and oxygen atoms in total. The SMILES string of the molecule is CC[C@@H](NC(=O)c1ccc(OC)c(F)c1)c1ncnn1CC. The van der Waals surface area contributed by atoms with Crippen molar-refractivity contribution in [1.82, 2.24) is 20.1 Å². The number of ether oxygens (including phenoxy) is 1. The summed E-state index contributed by atoms with van der Waals surface area (Å²) in [4.78, 5) is 16.5. The van der Waals surface area contributed by atoms with Crippen molar-refractivity contribution in [2.24, 2.45) is 0 Å². The van der Waals surface area contributed by atoms with Crippen LogP contribution in [0.3, 0.4) is 0 Å². The van der Waals surface area contributed by atoms with Gasteiger partial charge in [-0.2, -0.15) is 5.10 Å². The van der Waals surface area contributed by atoms with Gasteiger partial charge in [0, 0.05) is 12.1 Å². The Morgan fingerprint density at radius 2 is 2.23 bits per heavy atom. The first-order valence-corrected chi connectivity index (χ1v) is 7.12. The molecule has 0 aliphatic carbocycles. The summed E-state index contributed by atoms with van der Waals surface area (Å²) in [6.45, 7) is 4.55. The van der Waals surface area contributed by atoms with Crippen molar-refractivity contribution in [3.05, 3.63) is 41.7 Å². The van der Waals surface area contributed by atoms with Crippen molar-refractivity contribution in [3.8, 4) is 5.75 Å². The monoisotopic (exact) mass is 306 g/mol. The summed E-state index contributed by atoms with van der Waals surface area (Å²) < 4.78 is 20.3. The zero-order valence-electron chi connectivity index (χ0n) is 12.8. The van der Waals surface area contributed by atoms with E-state index in [0.717, 1.165) is 6.07 Å². The van der Waals surface area contributed by atoms with Crippen LogP contribution in [0.15, 0.2) is 24.5 Å². The Morgan fingerprint density at radius 1 is 1.45 bits per heavy atom. The van der Waals surface area contributed by atoms with Gasteiger partial charge in [-0.15, -0.1) is 0 Å². The molecule has 0 aliphatic heterocycles. The van der Waals surface area contributed by atoms with E-state index in [1.807, 2.05) is 13.8 Å². The zero-order valence-corrected chi connectivity index (χ0v) is 12.8. The van der Waals surface area contributed by atoms with Gasteiger partial charge in [0.1, 0.15) is 12.2 Å². The average Bonchev–Trinajstić information content (AvgIpc) is 3.00. The maximum absolute atomic E-state index is 13.7. The van der Waals surface area contributed by atoms with Crippen molar-refractivity contribution >= 4 is 5.91 Å². The van der Waals surface area contributed by atoms with Gasteiger partial charge in [0.15, 0.2) is 11.6 Å². The Kier molecular flexibility index (Phi) is 5.08. The van der Waals surface area contributed by atoms with E-state index >= 15 is 0 Å². The van der Waals surface area contributed by atoms with E-state index in [9.17, 15) is 9.18 Å². The van der Waals surface area contributed by atoms with Gasteiger partial charge in [-0.3, -0.25) is 4.79 Å². The lowest BCUT2D eigenvalue weighted by Gasteiger charge is -2.17. The minimum absolute atomic E-state index is 0.106. The predicted molar refractivity (Wildman–Crippen MR) is 79.1 cm³/mol. The summed E-state index contributed by atoms with van der Waals surface area (Å²) in [6.07, 6.45) is 2.11. The van der Waals surface area contributed by atoms with E-state index in [2.05, 4.69) is 15.4 Å². The van der Waals surface area contributed by atoms with Crippen LogP contribution in [0.25, 0.3) is 0 Å². The third kappa shape index (κ3) is 3.24. The molecule has 1 aromatic carbocycles. The number of amides is 1. The average molecular weight is 306 g/mol. The first-order valence-electron chi connectivity index (χ1n) is 7.12. The number of benzene rings is 1. The van der Waals surface area contributed by atoms with Gasteiger partial charge in [0.25, 0.3) is 5.91 Å². The van der Waals surface area contributed by atoms with Gasteiger partial charge in [0.05, 0.1) is 13.2 Å². The van der Waals surface area contributed by atoms with Crippen LogP contribution in [-0.4, -0.2) is 27.8 Å². The highest BCUT2D eigenvalue weighted by Gasteiger charge is 2.19. The van der Waals surface area contributed by atoms with E-state index in [-0.39, 0.29) is 23.3 Å². The number of halogens is 1. The highest BCUT2D eigenvalue weighted by molar-refractivity contribution is 5.94. The van der Waals surface area contributed by atoms with Crippen LogP contribution in [0.4, 0.5) is 4.39 Å². The molecule has 7 heteroatoms. The minimum atomic E-state index is -0.570. The molecule has 1 atom stereocenters. The van der Waals surface area contributed by atoms with Gasteiger partial charge >= 0.3 is 0 Å². The number of rotatable bonds is 6. The lowest BCUT2D eigenvalue weighted by atomic mass is 10.1. The minimum Gasteiger partial charge on any atom is -0.494 e. The molecule has 0 spiro atoms. The molecule has 0 saturated heterocycles. The molecule has 0 radical (unpaired) electrons. The fraction of sp³-hybridized carbons (Fsp3) is 0.400. The Morgan fingerprint density at radius 3 is 2.82 bits per heavy atom. The van der Waals surface area contributed by atoms with Gasteiger partial charge in [-0.05, 0) is 31.5 Å². The maximum Gasteiger partial charge on any atom is 0.251 e. The second-order valence-corrected chi connectivity index (χ2v) is 4.72. The standard InChI is InChI=1S/C15H19FN4O2/c1-4-12(14-17-9-18-20(14)5-2)19-15(21)10-6-7-13(22-3)11(16)8-10/h6-9,12H,4-5H2,1-3H3,(H,19,21)/t12-/m1/s1. The van der Waals surface area contributed by atoms with Gasteiger partial charge in [-0.25, -0.2) is 14.1 Å². The molecule has 1 aromatic heterocycles. The topological polar surface area (TPSA) is 69.0 Å². The molecule has 118 valence electrons. The number of nitrogens with zero attached hydrogens (tertiary/aromatic N) is 3. The molecule has 0 fully saturated rings. The molecular weight excluding hydrogens is 287 g/mol. The fourth-order valence-electron chi connectivity index (χ4n) is 2.18. The lowest BCUT2D eigenvalue weighted by molar-refractivity contribution is 0.0932. The first kappa shape index (κ1) is 15.9. The summed E-state index contributed by atoms with van der Waals surface area (Å²) >= 11 is 0. The third-order valence-electron chi connectivity index (χ3n) is 3.38. The molecule has 0 saturated carbocycles. The van der Waals surface area contributed by atoms with Crippen molar-refractivity contribution in [2.75, 3.05) is 7.11 Å². The number of aromatic nitrogens is 3. The van der Waals surface area contributed by atoms with Crippen molar-refractivity contribution in [1.29, 1.82) is 0 Å². The number of carbonyl (C=O) groups excluding carboxylic acids is 1. The van der Waals surface area contributed by atoms with Crippen LogP contribution in [-0.2, 0) is 6.54 Å². The molecule has 1 N–H and O–H groups in total. The first-order chi connectivity index (χ1) is 10.6. The van der Waals surface area contributed by atoms with Crippen molar-refractivity contribution < 1.29 is 13.9 Å². The molecule has 1 amide bonds. The zero-order chi connectivity index (χ0) is 16.1. The van der Waals surface area contributed by atoms with E-state index in [4.69, 9.17) is 4.74 Å². The summed E-state index contributed by atoms with van der Waals surface area (Å²) in [5.41, 5.74) is 0.235. The highest BCUT2D eigenvalue weighted by atomic mass is 19.1. The van der Waals surface area contributed by atoms with Crippen molar-refractivity contribution in [3.63, 3.8) is 0 Å². The quantitative estimate of drug-likeness (QED) is 0.889. The summed E-state index contributed by atoms with van der Waals surface area (Å²) in [7, 11) is 1.38. The van der Waals surface area contributed by atoms with Crippen LogP contribution in [0, 0.1) is 5.82 Å². The van der Waals surface area contributed by atoms with Crippen LogP contribution < -0.4 is 10.1 Å². The normalized spacial score (nSPS) is 12.0. The largest absolute Gasteiger partial charge is 0.494 e. The second kappa shape index (κ2) is 7.02. The number of methoxy groups -OCH3 is 1. The van der Waals surface area contributed by atoms with Crippen LogP contribution >= 0.6 is 0 Å². The lowest BCUT2D eigenvalue weighted by Crippen LogP contribution is -2.30. The Bertz CT molecular complexity index is 657. The Balaban J connectivity index is 2.17. The van der Waals surface area contributed by atoms with Crippen LogP contribution in [0.1, 0.15) is 42.5 Å². The molecule has 2 aromatic rings. The van der Waals surface area contributed by atoms with E-state index in [1.54, 1.807) is 4.68 Å². The van der Waals surface area contributed by atoms with E-state index in [1.165, 1.54) is 25.6 Å². The molecule has 1 heterocycles. The van der Waals surface area contributed by atoms with Crippen LogP contribution in [0.2, 0.25) is 0 Å². The fourth-order valence-corrected chi connectivity index (χ4v) is 2.18. The number of aryl methyl sites for hydroxylation is 1. The third-order valence-corrected chi connectivity index (χ3v) is 3.38. The predicted octanol–water partition coefficient (Wildman–Crippen LogP) is 2.33. The highest BCUT2D eigenvalue weighted by Crippen LogP contribution is 2.19. The number of nitrogens with one attached hydrogen (secondary N) is 1. The Hall–Kier alpha value is -2.44. The van der Waals surface area contributed by atoms with Gasteiger partial charge < -0.3 is 10.1 Å².